The molecular formula is C28H33N5O3. The smallest absolute Gasteiger partial charge is 0.313 e. The van der Waals surface area contributed by atoms with Gasteiger partial charge in [-0.1, -0.05) is 6.08 Å². The third-order valence-electron chi connectivity index (χ3n) is 7.22. The number of anilines is 2. The number of hydrogen-bond donors (Lipinski definition) is 2. The van der Waals surface area contributed by atoms with Gasteiger partial charge in [0.25, 0.3) is 0 Å². The van der Waals surface area contributed by atoms with Crippen LogP contribution in [0.5, 0.6) is 5.75 Å². The van der Waals surface area contributed by atoms with Crippen LogP contribution in [0, 0.1) is 6.92 Å². The van der Waals surface area contributed by atoms with Crippen LogP contribution in [-0.2, 0) is 9.59 Å². The van der Waals surface area contributed by atoms with Crippen molar-refractivity contribution in [2.24, 2.45) is 0 Å². The maximum Gasteiger partial charge on any atom is 0.313 e. The second kappa shape index (κ2) is 10.1. The highest BCUT2D eigenvalue weighted by atomic mass is 16.5. The summed E-state index contributed by atoms with van der Waals surface area (Å²) in [7, 11) is 3.80. The highest BCUT2D eigenvalue weighted by Crippen LogP contribution is 2.31. The Hall–Kier alpha value is -3.78. The lowest BCUT2D eigenvalue weighted by Crippen LogP contribution is -2.44. The van der Waals surface area contributed by atoms with Gasteiger partial charge >= 0.3 is 11.8 Å². The number of ether oxygens (including phenoxy) is 1. The molecule has 2 aliphatic heterocycles. The molecule has 0 saturated carbocycles. The van der Waals surface area contributed by atoms with Gasteiger partial charge < -0.3 is 29.7 Å². The van der Waals surface area contributed by atoms with Crippen molar-refractivity contribution in [2.45, 2.75) is 13.3 Å². The van der Waals surface area contributed by atoms with Crippen molar-refractivity contribution in [3.05, 3.63) is 59.8 Å². The third kappa shape index (κ3) is 4.81. The van der Waals surface area contributed by atoms with E-state index < -0.39 is 11.8 Å². The van der Waals surface area contributed by atoms with Crippen LogP contribution in [-0.4, -0.2) is 80.0 Å². The van der Waals surface area contributed by atoms with Gasteiger partial charge in [-0.25, -0.2) is 0 Å². The Morgan fingerprint density at radius 3 is 2.53 bits per heavy atom. The fourth-order valence-corrected chi connectivity index (χ4v) is 5.05. The molecule has 188 valence electrons. The molecule has 2 aliphatic rings. The topological polar surface area (TPSA) is 80.9 Å². The minimum absolute atomic E-state index is 0.402. The molecule has 8 heteroatoms. The molecule has 2 N–H and O–H groups in total. The molecule has 2 amide bonds. The van der Waals surface area contributed by atoms with E-state index in [0.717, 1.165) is 59.5 Å². The lowest BCUT2D eigenvalue weighted by Gasteiger charge is -2.35. The number of fused-ring (bicyclic) bond motifs is 1. The zero-order valence-corrected chi connectivity index (χ0v) is 21.1. The summed E-state index contributed by atoms with van der Waals surface area (Å²) < 4.78 is 5.37. The molecule has 2 aromatic carbocycles. The summed E-state index contributed by atoms with van der Waals surface area (Å²) in [6.07, 6.45) is 4.71. The van der Waals surface area contributed by atoms with E-state index in [1.807, 2.05) is 55.6 Å². The highest BCUT2D eigenvalue weighted by molar-refractivity contribution is 6.39. The van der Waals surface area contributed by atoms with E-state index in [9.17, 15) is 9.59 Å². The number of aromatic nitrogens is 1. The van der Waals surface area contributed by atoms with Crippen molar-refractivity contribution >= 4 is 39.7 Å². The van der Waals surface area contributed by atoms with E-state index in [-0.39, 0.29) is 0 Å². The predicted molar refractivity (Wildman–Crippen MR) is 144 cm³/mol. The molecule has 5 rings (SSSR count). The number of piperazine rings is 1. The van der Waals surface area contributed by atoms with Crippen molar-refractivity contribution in [1.82, 2.24) is 14.8 Å². The molecule has 1 fully saturated rings. The highest BCUT2D eigenvalue weighted by Gasteiger charge is 2.25. The molecule has 0 atom stereocenters. The minimum atomic E-state index is -0.601. The summed E-state index contributed by atoms with van der Waals surface area (Å²) in [4.78, 5) is 35.2. The summed E-state index contributed by atoms with van der Waals surface area (Å²) in [6, 6.07) is 11.8. The van der Waals surface area contributed by atoms with Crippen LogP contribution in [0.25, 0.3) is 16.5 Å². The molecule has 1 saturated heterocycles. The summed E-state index contributed by atoms with van der Waals surface area (Å²) in [5.74, 6) is -0.304. The molecule has 0 radical (unpaired) electrons. The lowest BCUT2D eigenvalue weighted by molar-refractivity contribution is -0.142. The van der Waals surface area contributed by atoms with Gasteiger partial charge in [0.15, 0.2) is 0 Å². The number of rotatable bonds is 4. The number of carbonyl (C=O) groups excluding carboxylic acids is 2. The van der Waals surface area contributed by atoms with E-state index in [1.54, 1.807) is 12.0 Å². The average Bonchev–Trinajstić information content (AvgIpc) is 3.32. The number of nitrogens with zero attached hydrogens (tertiary/aromatic N) is 3. The Bertz CT molecular complexity index is 1320. The van der Waals surface area contributed by atoms with Crippen LogP contribution in [0.15, 0.2) is 48.7 Å². The summed E-state index contributed by atoms with van der Waals surface area (Å²) in [5, 5.41) is 3.89. The number of methoxy groups -OCH3 is 1. The van der Waals surface area contributed by atoms with Gasteiger partial charge in [-0.15, -0.1) is 0 Å². The maximum atomic E-state index is 12.9. The molecule has 0 unspecified atom stereocenters. The molecule has 0 spiro atoms. The Balaban J connectivity index is 1.22. The monoisotopic (exact) mass is 487 g/mol. The van der Waals surface area contributed by atoms with E-state index in [4.69, 9.17) is 4.74 Å². The van der Waals surface area contributed by atoms with Gasteiger partial charge in [-0.05, 0) is 67.9 Å². The van der Waals surface area contributed by atoms with E-state index in [1.165, 1.54) is 5.69 Å². The Morgan fingerprint density at radius 2 is 1.83 bits per heavy atom. The Morgan fingerprint density at radius 1 is 1.03 bits per heavy atom. The second-order valence-corrected chi connectivity index (χ2v) is 9.59. The number of carbonyl (C=O) groups is 2. The summed E-state index contributed by atoms with van der Waals surface area (Å²) >= 11 is 0. The van der Waals surface area contributed by atoms with E-state index in [2.05, 4.69) is 27.1 Å². The molecule has 0 aliphatic carbocycles. The maximum absolute atomic E-state index is 12.9. The van der Waals surface area contributed by atoms with Crippen LogP contribution < -0.4 is 15.0 Å². The summed E-state index contributed by atoms with van der Waals surface area (Å²) in [6.45, 7) is 6.98. The SMILES string of the molecule is COc1ccc2[nH]cc(C3=CCN(C(=O)C(=O)Nc4ccc(N5CCN(C)CC5)c(C)c4)CC3)c2c1. The third-order valence-corrected chi connectivity index (χ3v) is 7.22. The first-order valence-electron chi connectivity index (χ1n) is 12.4. The van der Waals surface area contributed by atoms with Gasteiger partial charge in [0.2, 0.25) is 0 Å². The molecule has 8 nitrogen and oxygen atoms in total. The number of hydrogen-bond acceptors (Lipinski definition) is 5. The van der Waals surface area contributed by atoms with Crippen LogP contribution in [0.1, 0.15) is 17.5 Å². The van der Waals surface area contributed by atoms with Crippen molar-refractivity contribution in [1.29, 1.82) is 0 Å². The first kappa shape index (κ1) is 23.9. The minimum Gasteiger partial charge on any atom is -0.497 e. The van der Waals surface area contributed by atoms with E-state index in [0.29, 0.717) is 25.2 Å². The van der Waals surface area contributed by atoms with Crippen LogP contribution >= 0.6 is 0 Å². The van der Waals surface area contributed by atoms with Gasteiger partial charge in [0, 0.05) is 73.3 Å². The number of aromatic amines is 1. The van der Waals surface area contributed by atoms with Crippen LogP contribution in [0.4, 0.5) is 11.4 Å². The molecule has 1 aromatic heterocycles. The number of likely N-dealkylation sites (N-methyl/N-ethyl adjacent to an activating group) is 1. The van der Waals surface area contributed by atoms with Gasteiger partial charge in [0.05, 0.1) is 7.11 Å². The van der Waals surface area contributed by atoms with Crippen LogP contribution in [0.2, 0.25) is 0 Å². The molecule has 3 heterocycles. The first-order valence-corrected chi connectivity index (χ1v) is 12.4. The standard InChI is InChI=1S/C28H33N5O3/c1-19-16-21(4-7-26(19)32-14-12-31(2)13-15-32)30-27(34)28(35)33-10-8-20(9-11-33)24-18-29-25-6-5-22(36-3)17-23(24)25/h4-8,16-18,29H,9-15H2,1-3H3,(H,30,34). The lowest BCUT2D eigenvalue weighted by atomic mass is 9.98. The average molecular weight is 488 g/mol. The van der Waals surface area contributed by atoms with Gasteiger partial charge in [-0.3, -0.25) is 9.59 Å². The predicted octanol–water partition coefficient (Wildman–Crippen LogP) is 3.49. The Labute approximate surface area is 211 Å². The first-order chi connectivity index (χ1) is 17.4. The zero-order chi connectivity index (χ0) is 25.2. The van der Waals surface area contributed by atoms with Crippen LogP contribution in [0.3, 0.4) is 0 Å². The molecule has 36 heavy (non-hydrogen) atoms. The number of amides is 2. The number of aryl methyl sites for hydroxylation is 1. The normalized spacial score (nSPS) is 16.7. The van der Waals surface area contributed by atoms with Crippen molar-refractivity contribution < 1.29 is 14.3 Å². The van der Waals surface area contributed by atoms with Crippen molar-refractivity contribution in [3.63, 3.8) is 0 Å². The molecule has 0 bridgehead atoms. The van der Waals surface area contributed by atoms with E-state index >= 15 is 0 Å². The largest absolute Gasteiger partial charge is 0.497 e. The fourth-order valence-electron chi connectivity index (χ4n) is 5.05. The number of benzene rings is 2. The Kier molecular flexibility index (Phi) is 6.69. The number of nitrogens with one attached hydrogen (secondary N) is 2. The zero-order valence-electron chi connectivity index (χ0n) is 21.1. The fraction of sp³-hybridized carbons (Fsp3) is 0.357. The van der Waals surface area contributed by atoms with Gasteiger partial charge in [-0.2, -0.15) is 0 Å². The second-order valence-electron chi connectivity index (χ2n) is 9.59. The number of H-pyrrole nitrogens is 1. The summed E-state index contributed by atoms with van der Waals surface area (Å²) in [5.41, 5.74) is 6.22. The van der Waals surface area contributed by atoms with Crippen molar-refractivity contribution in [3.8, 4) is 5.75 Å². The van der Waals surface area contributed by atoms with Gasteiger partial charge in [0.1, 0.15) is 5.75 Å². The molecular weight excluding hydrogens is 454 g/mol. The quantitative estimate of drug-likeness (QED) is 0.551. The van der Waals surface area contributed by atoms with Crippen molar-refractivity contribution in [2.75, 3.05) is 63.6 Å². The molecule has 3 aromatic rings.